The Balaban J connectivity index is 2.08. The molecule has 18 heavy (non-hydrogen) atoms. The summed E-state index contributed by atoms with van der Waals surface area (Å²) in [6.45, 7) is 1.37. The molecule has 1 fully saturated rings. The van der Waals surface area contributed by atoms with Gasteiger partial charge in [-0.25, -0.2) is 0 Å². The predicted molar refractivity (Wildman–Crippen MR) is 68.4 cm³/mol. The largest absolute Gasteiger partial charge is 0.468 e. The number of esters is 1. The minimum Gasteiger partial charge on any atom is -0.468 e. The summed E-state index contributed by atoms with van der Waals surface area (Å²) in [5.74, 6) is -1.01. The van der Waals surface area contributed by atoms with E-state index >= 15 is 0 Å². The lowest BCUT2D eigenvalue weighted by molar-refractivity contribution is -0.149. The van der Waals surface area contributed by atoms with Gasteiger partial charge in [0.05, 0.1) is 7.11 Å². The predicted octanol–water partition coefficient (Wildman–Crippen LogP) is 1.65. The van der Waals surface area contributed by atoms with Gasteiger partial charge in [-0.1, -0.05) is 18.2 Å². The fraction of sp³-hybridized carbons (Fsp3) is 0.429. The molecule has 0 bridgehead atoms. The highest BCUT2D eigenvalue weighted by Gasteiger charge is 2.30. The molecule has 4 heteroatoms. The van der Waals surface area contributed by atoms with Crippen LogP contribution in [-0.4, -0.2) is 32.0 Å². The number of carbonyl (C=O) groups excluding carboxylic acids is 2. The quantitative estimate of drug-likeness (QED) is 0.589. The topological polar surface area (TPSA) is 46.6 Å². The Hall–Kier alpha value is -1.84. The van der Waals surface area contributed by atoms with Gasteiger partial charge in [-0.15, -0.1) is 0 Å². The maximum absolute atomic E-state index is 11.9. The van der Waals surface area contributed by atoms with Gasteiger partial charge in [0, 0.05) is 25.2 Å². The third-order valence-electron chi connectivity index (χ3n) is 3.31. The molecule has 4 nitrogen and oxygen atoms in total. The lowest BCUT2D eigenvalue weighted by atomic mass is 10.00. The van der Waals surface area contributed by atoms with Crippen molar-refractivity contribution in [2.24, 2.45) is 5.92 Å². The minimum absolute atomic E-state index is 0.0136. The van der Waals surface area contributed by atoms with Crippen LogP contribution in [0.2, 0.25) is 0 Å². The van der Waals surface area contributed by atoms with Gasteiger partial charge in [-0.3, -0.25) is 9.59 Å². The SMILES string of the molecule is COC(=O)C1CCN(c2ccccc2)CCC1=O. The normalized spacial score (nSPS) is 20.4. The molecule has 96 valence electrons. The second-order valence-corrected chi connectivity index (χ2v) is 4.40. The number of para-hydroxylation sites is 1. The van der Waals surface area contributed by atoms with Gasteiger partial charge in [0.15, 0.2) is 0 Å². The number of Topliss-reactive ketones (excluding diaryl/α,β-unsaturated/α-hetero) is 1. The van der Waals surface area contributed by atoms with Crippen molar-refractivity contribution in [3.8, 4) is 0 Å². The molecule has 1 aromatic rings. The monoisotopic (exact) mass is 247 g/mol. The number of anilines is 1. The Kier molecular flexibility index (Phi) is 3.97. The number of rotatable bonds is 2. The van der Waals surface area contributed by atoms with Gasteiger partial charge in [-0.05, 0) is 18.6 Å². The van der Waals surface area contributed by atoms with Crippen LogP contribution in [-0.2, 0) is 14.3 Å². The molecule has 1 saturated heterocycles. The number of hydrogen-bond acceptors (Lipinski definition) is 4. The molecule has 1 heterocycles. The average Bonchev–Trinajstić information content (AvgIpc) is 2.61. The van der Waals surface area contributed by atoms with E-state index in [1.165, 1.54) is 7.11 Å². The first-order valence-corrected chi connectivity index (χ1v) is 6.13. The summed E-state index contributed by atoms with van der Waals surface area (Å²) in [6.07, 6.45) is 0.926. The summed E-state index contributed by atoms with van der Waals surface area (Å²) in [5.41, 5.74) is 1.09. The summed E-state index contributed by atoms with van der Waals surface area (Å²) in [4.78, 5) is 25.5. The van der Waals surface area contributed by atoms with Crippen LogP contribution in [0.1, 0.15) is 12.8 Å². The van der Waals surface area contributed by atoms with E-state index in [0.29, 0.717) is 25.9 Å². The van der Waals surface area contributed by atoms with Crippen molar-refractivity contribution in [3.05, 3.63) is 30.3 Å². The molecule has 1 unspecified atom stereocenters. The zero-order chi connectivity index (χ0) is 13.0. The Bertz CT molecular complexity index is 430. The number of hydrogen-bond donors (Lipinski definition) is 0. The van der Waals surface area contributed by atoms with Crippen LogP contribution in [0.3, 0.4) is 0 Å². The Morgan fingerprint density at radius 3 is 2.67 bits per heavy atom. The van der Waals surface area contributed by atoms with E-state index in [1.807, 2.05) is 30.3 Å². The summed E-state index contributed by atoms with van der Waals surface area (Å²) < 4.78 is 4.68. The molecule has 0 radical (unpaired) electrons. The molecule has 0 aliphatic carbocycles. The Labute approximate surface area is 107 Å². The van der Waals surface area contributed by atoms with Crippen LogP contribution >= 0.6 is 0 Å². The van der Waals surface area contributed by atoms with Crippen LogP contribution in [0, 0.1) is 5.92 Å². The first-order chi connectivity index (χ1) is 8.72. The second kappa shape index (κ2) is 5.67. The Morgan fingerprint density at radius 2 is 2.00 bits per heavy atom. The van der Waals surface area contributed by atoms with Crippen LogP contribution in [0.4, 0.5) is 5.69 Å². The fourth-order valence-corrected chi connectivity index (χ4v) is 2.27. The maximum atomic E-state index is 11.9. The standard InChI is InChI=1S/C14H17NO3/c1-18-14(17)12-7-9-15(10-8-13(12)16)11-5-3-2-4-6-11/h2-6,12H,7-10H2,1H3. The zero-order valence-corrected chi connectivity index (χ0v) is 10.5. The smallest absolute Gasteiger partial charge is 0.316 e. The van der Waals surface area contributed by atoms with Crippen molar-refractivity contribution in [2.75, 3.05) is 25.1 Å². The molecule has 0 saturated carbocycles. The van der Waals surface area contributed by atoms with E-state index in [9.17, 15) is 9.59 Å². The van der Waals surface area contributed by atoms with Crippen LogP contribution in [0.5, 0.6) is 0 Å². The minimum atomic E-state index is -0.594. The van der Waals surface area contributed by atoms with E-state index in [4.69, 9.17) is 0 Å². The van der Waals surface area contributed by atoms with Gasteiger partial charge in [0.2, 0.25) is 0 Å². The molecule has 0 aromatic heterocycles. The second-order valence-electron chi connectivity index (χ2n) is 4.40. The molecular formula is C14H17NO3. The third kappa shape index (κ3) is 2.70. The average molecular weight is 247 g/mol. The fourth-order valence-electron chi connectivity index (χ4n) is 2.27. The number of methoxy groups -OCH3 is 1. The van der Waals surface area contributed by atoms with Crippen molar-refractivity contribution in [1.82, 2.24) is 0 Å². The summed E-state index contributed by atoms with van der Waals surface area (Å²) in [6, 6.07) is 9.94. The van der Waals surface area contributed by atoms with Crippen molar-refractivity contribution in [3.63, 3.8) is 0 Å². The number of ketones is 1. The van der Waals surface area contributed by atoms with Crippen LogP contribution < -0.4 is 4.90 Å². The molecule has 0 N–H and O–H groups in total. The van der Waals surface area contributed by atoms with E-state index < -0.39 is 11.9 Å². The number of carbonyl (C=O) groups is 2. The highest BCUT2D eigenvalue weighted by Crippen LogP contribution is 2.21. The van der Waals surface area contributed by atoms with Crippen LogP contribution in [0.15, 0.2) is 30.3 Å². The summed E-state index contributed by atoms with van der Waals surface area (Å²) >= 11 is 0. The number of ether oxygens (including phenoxy) is 1. The zero-order valence-electron chi connectivity index (χ0n) is 10.5. The summed E-state index contributed by atoms with van der Waals surface area (Å²) in [5, 5.41) is 0. The van der Waals surface area contributed by atoms with Gasteiger partial charge < -0.3 is 9.64 Å². The first-order valence-electron chi connectivity index (χ1n) is 6.13. The van der Waals surface area contributed by atoms with Crippen molar-refractivity contribution in [1.29, 1.82) is 0 Å². The summed E-state index contributed by atoms with van der Waals surface area (Å²) in [7, 11) is 1.33. The van der Waals surface area contributed by atoms with E-state index in [-0.39, 0.29) is 5.78 Å². The van der Waals surface area contributed by atoms with Crippen molar-refractivity contribution >= 4 is 17.4 Å². The molecule has 1 aliphatic heterocycles. The molecule has 1 aliphatic rings. The van der Waals surface area contributed by atoms with Gasteiger partial charge in [0.25, 0.3) is 0 Å². The highest BCUT2D eigenvalue weighted by atomic mass is 16.5. The van der Waals surface area contributed by atoms with Crippen molar-refractivity contribution < 1.29 is 14.3 Å². The van der Waals surface area contributed by atoms with Crippen LogP contribution in [0.25, 0.3) is 0 Å². The van der Waals surface area contributed by atoms with Gasteiger partial charge in [0.1, 0.15) is 11.7 Å². The third-order valence-corrected chi connectivity index (χ3v) is 3.31. The molecule has 2 rings (SSSR count). The molecule has 0 amide bonds. The molecular weight excluding hydrogens is 230 g/mol. The Morgan fingerprint density at radius 1 is 1.28 bits per heavy atom. The molecule has 1 atom stereocenters. The van der Waals surface area contributed by atoms with Gasteiger partial charge in [-0.2, -0.15) is 0 Å². The number of nitrogens with zero attached hydrogens (tertiary/aromatic N) is 1. The van der Waals surface area contributed by atoms with E-state index in [2.05, 4.69) is 9.64 Å². The highest BCUT2D eigenvalue weighted by molar-refractivity contribution is 5.99. The first kappa shape index (κ1) is 12.6. The van der Waals surface area contributed by atoms with E-state index in [1.54, 1.807) is 0 Å². The molecule has 1 aromatic carbocycles. The lowest BCUT2D eigenvalue weighted by Gasteiger charge is -2.22. The van der Waals surface area contributed by atoms with Crippen molar-refractivity contribution in [2.45, 2.75) is 12.8 Å². The molecule has 0 spiro atoms. The van der Waals surface area contributed by atoms with E-state index in [0.717, 1.165) is 5.69 Å². The maximum Gasteiger partial charge on any atom is 0.316 e. The lowest BCUT2D eigenvalue weighted by Crippen LogP contribution is -2.25. The van der Waals surface area contributed by atoms with Gasteiger partial charge >= 0.3 is 5.97 Å². The number of benzene rings is 1.